The van der Waals surface area contributed by atoms with Crippen LogP contribution in [0.2, 0.25) is 5.15 Å². The van der Waals surface area contributed by atoms with E-state index in [1.165, 1.54) is 12.4 Å². The normalized spacial score (nSPS) is 10.4. The van der Waals surface area contributed by atoms with Crippen LogP contribution in [0.5, 0.6) is 0 Å². The number of nitrogens with one attached hydrogen (secondary N) is 1. The first-order valence-corrected chi connectivity index (χ1v) is 6.12. The van der Waals surface area contributed by atoms with E-state index in [4.69, 9.17) is 11.6 Å². The van der Waals surface area contributed by atoms with Crippen molar-refractivity contribution in [1.82, 2.24) is 20.2 Å². The van der Waals surface area contributed by atoms with Crippen molar-refractivity contribution in [3.8, 4) is 0 Å². The van der Waals surface area contributed by atoms with Crippen molar-refractivity contribution in [1.29, 1.82) is 0 Å². The number of anilines is 1. The largest absolute Gasteiger partial charge is 0.288 e. The highest BCUT2D eigenvalue weighted by Crippen LogP contribution is 2.22. The monoisotopic (exact) mass is 285 g/mol. The van der Waals surface area contributed by atoms with Crippen molar-refractivity contribution in [3.05, 3.63) is 53.6 Å². The minimum atomic E-state index is -0.439. The summed E-state index contributed by atoms with van der Waals surface area (Å²) in [6, 6.07) is 9.09. The van der Waals surface area contributed by atoms with Crippen molar-refractivity contribution in [2.45, 2.75) is 0 Å². The van der Waals surface area contributed by atoms with Gasteiger partial charge in [-0.05, 0) is 11.5 Å². The van der Waals surface area contributed by atoms with E-state index in [-0.39, 0.29) is 16.8 Å². The molecule has 20 heavy (non-hydrogen) atoms. The van der Waals surface area contributed by atoms with Gasteiger partial charge in [-0.15, -0.1) is 5.10 Å². The van der Waals surface area contributed by atoms with Gasteiger partial charge in [0.1, 0.15) is 10.8 Å². The number of aromatic nitrogens is 4. The maximum absolute atomic E-state index is 12.1. The number of hydrogen-bond acceptors (Lipinski definition) is 5. The lowest BCUT2D eigenvalue weighted by Gasteiger charge is -2.05. The first kappa shape index (κ1) is 12.4. The van der Waals surface area contributed by atoms with Crippen LogP contribution in [-0.2, 0) is 0 Å². The van der Waals surface area contributed by atoms with Crippen molar-refractivity contribution in [2.24, 2.45) is 0 Å². The first-order valence-electron chi connectivity index (χ1n) is 5.74. The summed E-state index contributed by atoms with van der Waals surface area (Å²) in [5, 5.41) is 11.7. The zero-order valence-corrected chi connectivity index (χ0v) is 10.9. The molecule has 6 nitrogen and oxygen atoms in total. The molecule has 98 valence electrons. The molecule has 2 heterocycles. The Balaban J connectivity index is 1.96. The van der Waals surface area contributed by atoms with Gasteiger partial charge in [0.05, 0.1) is 12.4 Å². The predicted octanol–water partition coefficient (Wildman–Crippen LogP) is 2.33. The molecule has 0 spiro atoms. The topological polar surface area (TPSA) is 80.7 Å². The van der Waals surface area contributed by atoms with Gasteiger partial charge in [-0.1, -0.05) is 35.9 Å². The highest BCUT2D eigenvalue weighted by atomic mass is 35.5. The summed E-state index contributed by atoms with van der Waals surface area (Å²) >= 11 is 6.07. The Bertz CT molecular complexity index is 778. The third-order valence-electron chi connectivity index (χ3n) is 2.63. The van der Waals surface area contributed by atoms with E-state index in [0.29, 0.717) is 0 Å². The molecule has 0 aliphatic heterocycles. The van der Waals surface area contributed by atoms with Crippen molar-refractivity contribution >= 4 is 34.2 Å². The number of pyridine rings is 1. The number of carbonyl (C=O) groups excluding carboxylic acids is 1. The third-order valence-corrected chi connectivity index (χ3v) is 2.92. The van der Waals surface area contributed by atoms with Crippen LogP contribution in [0.1, 0.15) is 10.5 Å². The number of benzene rings is 1. The predicted molar refractivity (Wildman–Crippen MR) is 74.5 cm³/mol. The SMILES string of the molecule is O=C(Nc1nccnn1)c1cc2ccccc2c(Cl)n1. The Labute approximate surface area is 118 Å². The smallest absolute Gasteiger partial charge is 0.276 e. The fourth-order valence-corrected chi connectivity index (χ4v) is 2.01. The number of fused-ring (bicyclic) bond motifs is 1. The second-order valence-corrected chi connectivity index (χ2v) is 4.30. The molecule has 0 bridgehead atoms. The third kappa shape index (κ3) is 2.41. The van der Waals surface area contributed by atoms with Gasteiger partial charge in [-0.3, -0.25) is 10.1 Å². The van der Waals surface area contributed by atoms with Gasteiger partial charge in [-0.25, -0.2) is 9.97 Å². The molecule has 0 saturated carbocycles. The second-order valence-electron chi connectivity index (χ2n) is 3.94. The van der Waals surface area contributed by atoms with Crippen LogP contribution in [0.25, 0.3) is 10.8 Å². The molecule has 7 heteroatoms. The summed E-state index contributed by atoms with van der Waals surface area (Å²) < 4.78 is 0. The van der Waals surface area contributed by atoms with Gasteiger partial charge in [0.15, 0.2) is 0 Å². The van der Waals surface area contributed by atoms with Crippen LogP contribution in [0, 0.1) is 0 Å². The van der Waals surface area contributed by atoms with Crippen LogP contribution in [0.3, 0.4) is 0 Å². The number of hydrogen-bond donors (Lipinski definition) is 1. The van der Waals surface area contributed by atoms with E-state index in [2.05, 4.69) is 25.5 Å². The van der Waals surface area contributed by atoms with Crippen molar-refractivity contribution < 1.29 is 4.79 Å². The molecule has 0 fully saturated rings. The van der Waals surface area contributed by atoms with Gasteiger partial charge >= 0.3 is 0 Å². The fraction of sp³-hybridized carbons (Fsp3) is 0. The van der Waals surface area contributed by atoms with E-state index in [9.17, 15) is 4.79 Å². The molecular weight excluding hydrogens is 278 g/mol. The molecular formula is C13H8ClN5O. The number of rotatable bonds is 2. The van der Waals surface area contributed by atoms with E-state index in [1.54, 1.807) is 6.07 Å². The number of carbonyl (C=O) groups is 1. The van der Waals surface area contributed by atoms with Gasteiger partial charge < -0.3 is 0 Å². The van der Waals surface area contributed by atoms with E-state index in [1.807, 2.05) is 24.3 Å². The summed E-state index contributed by atoms with van der Waals surface area (Å²) in [5.74, 6) is -0.325. The number of amides is 1. The Kier molecular flexibility index (Phi) is 3.22. The molecule has 0 aliphatic carbocycles. The molecule has 0 atom stereocenters. The highest BCUT2D eigenvalue weighted by Gasteiger charge is 2.12. The van der Waals surface area contributed by atoms with Crippen molar-refractivity contribution in [3.63, 3.8) is 0 Å². The maximum Gasteiger partial charge on any atom is 0.276 e. The quantitative estimate of drug-likeness (QED) is 0.731. The number of halogens is 1. The lowest BCUT2D eigenvalue weighted by atomic mass is 10.1. The second kappa shape index (κ2) is 5.18. The zero-order chi connectivity index (χ0) is 13.9. The molecule has 2 aromatic heterocycles. The highest BCUT2D eigenvalue weighted by molar-refractivity contribution is 6.34. The minimum Gasteiger partial charge on any atom is -0.288 e. The average Bonchev–Trinajstić information content (AvgIpc) is 2.48. The molecule has 0 radical (unpaired) electrons. The standard InChI is InChI=1S/C13H8ClN5O/c14-11-9-4-2-1-3-8(9)7-10(17-11)12(20)18-13-15-5-6-16-19-13/h1-7H,(H,15,18,19,20). The number of nitrogens with zero attached hydrogens (tertiary/aromatic N) is 4. The molecule has 3 aromatic rings. The zero-order valence-electron chi connectivity index (χ0n) is 10.1. The summed E-state index contributed by atoms with van der Waals surface area (Å²) in [5.41, 5.74) is 0.196. The van der Waals surface area contributed by atoms with Crippen LogP contribution in [0.4, 0.5) is 5.95 Å². The molecule has 0 saturated heterocycles. The lowest BCUT2D eigenvalue weighted by Crippen LogP contribution is -2.16. The molecule has 3 rings (SSSR count). The average molecular weight is 286 g/mol. The Morgan fingerprint density at radius 2 is 2.05 bits per heavy atom. The van der Waals surface area contributed by atoms with Gasteiger partial charge in [0.2, 0.25) is 5.95 Å². The van der Waals surface area contributed by atoms with Crippen LogP contribution in [0.15, 0.2) is 42.7 Å². The lowest BCUT2D eigenvalue weighted by molar-refractivity contribution is 0.102. The molecule has 1 aromatic carbocycles. The van der Waals surface area contributed by atoms with Gasteiger partial charge in [0.25, 0.3) is 5.91 Å². The van der Waals surface area contributed by atoms with Crippen LogP contribution in [-0.4, -0.2) is 26.1 Å². The maximum atomic E-state index is 12.1. The van der Waals surface area contributed by atoms with Gasteiger partial charge in [-0.2, -0.15) is 5.10 Å². The Hall–Kier alpha value is -2.60. The summed E-state index contributed by atoms with van der Waals surface area (Å²) in [6.07, 6.45) is 2.85. The molecule has 0 aliphatic rings. The van der Waals surface area contributed by atoms with Crippen LogP contribution < -0.4 is 5.32 Å². The first-order chi connectivity index (χ1) is 9.74. The van der Waals surface area contributed by atoms with E-state index >= 15 is 0 Å². The Morgan fingerprint density at radius 3 is 2.85 bits per heavy atom. The molecule has 1 N–H and O–H groups in total. The fourth-order valence-electron chi connectivity index (χ4n) is 1.74. The van der Waals surface area contributed by atoms with Crippen molar-refractivity contribution in [2.75, 3.05) is 5.32 Å². The summed E-state index contributed by atoms with van der Waals surface area (Å²) in [4.78, 5) is 20.0. The van der Waals surface area contributed by atoms with E-state index in [0.717, 1.165) is 10.8 Å². The molecule has 0 unspecified atom stereocenters. The minimum absolute atomic E-state index is 0.114. The summed E-state index contributed by atoms with van der Waals surface area (Å²) in [6.45, 7) is 0. The molecule has 1 amide bonds. The Morgan fingerprint density at radius 1 is 1.20 bits per heavy atom. The van der Waals surface area contributed by atoms with Gasteiger partial charge in [0, 0.05) is 5.39 Å². The van der Waals surface area contributed by atoms with E-state index < -0.39 is 5.91 Å². The summed E-state index contributed by atoms with van der Waals surface area (Å²) in [7, 11) is 0. The van der Waals surface area contributed by atoms with Crippen LogP contribution >= 0.6 is 11.6 Å².